The van der Waals surface area contributed by atoms with Gasteiger partial charge in [0.25, 0.3) is 5.91 Å². The molecule has 2 N–H and O–H groups in total. The smallest absolute Gasteiger partial charge is 0.279 e. The van der Waals surface area contributed by atoms with E-state index in [9.17, 15) is 4.79 Å². The fourth-order valence-electron chi connectivity index (χ4n) is 1.91. The van der Waals surface area contributed by atoms with E-state index in [4.69, 9.17) is 4.74 Å². The number of ether oxygens (including phenoxy) is 1. The number of hydrogen-bond acceptors (Lipinski definition) is 6. The molecule has 0 saturated heterocycles. The van der Waals surface area contributed by atoms with Crippen LogP contribution in [-0.4, -0.2) is 18.0 Å². The summed E-state index contributed by atoms with van der Waals surface area (Å²) in [5.41, 5.74) is 7.43. The number of anilines is 1. The lowest BCUT2D eigenvalue weighted by molar-refractivity contribution is 0.0966. The van der Waals surface area contributed by atoms with Gasteiger partial charge in [0.1, 0.15) is 11.3 Å². The molecule has 0 unspecified atom stereocenters. The van der Waals surface area contributed by atoms with E-state index < -0.39 is 0 Å². The summed E-state index contributed by atoms with van der Waals surface area (Å²) in [4.78, 5) is 17.0. The van der Waals surface area contributed by atoms with E-state index in [0.29, 0.717) is 10.0 Å². The van der Waals surface area contributed by atoms with Gasteiger partial charge in [0.15, 0.2) is 0 Å². The summed E-state index contributed by atoms with van der Waals surface area (Å²) in [5, 5.41) is 2.49. The second kappa shape index (κ2) is 5.71. The maximum absolute atomic E-state index is 11.9. The summed E-state index contributed by atoms with van der Waals surface area (Å²) in [5.74, 6) is 0.553. The number of benzene rings is 1. The van der Waals surface area contributed by atoms with Crippen molar-refractivity contribution in [1.29, 1.82) is 0 Å². The normalized spacial score (nSPS) is 10.6. The highest BCUT2D eigenvalue weighted by Gasteiger charge is 2.12. The van der Waals surface area contributed by atoms with Crippen molar-refractivity contribution in [3.8, 4) is 5.75 Å². The highest BCUT2D eigenvalue weighted by atomic mass is 32.1. The van der Waals surface area contributed by atoms with Crippen molar-refractivity contribution in [3.63, 3.8) is 0 Å². The molecule has 0 radical (unpaired) electrons. The topological polar surface area (TPSA) is 63.2 Å². The molecule has 5 nitrogen and oxygen atoms in total. The van der Waals surface area contributed by atoms with Crippen molar-refractivity contribution < 1.29 is 9.53 Å². The maximum atomic E-state index is 11.9. The quantitative estimate of drug-likeness (QED) is 0.723. The molecule has 2 heterocycles. The molecule has 2 aromatic heterocycles. The number of aryl methyl sites for hydroxylation is 1. The van der Waals surface area contributed by atoms with Gasteiger partial charge in [-0.2, -0.15) is 0 Å². The highest BCUT2D eigenvalue weighted by molar-refractivity contribution is 7.22. The predicted octanol–water partition coefficient (Wildman–Crippen LogP) is 3.43. The molecule has 1 aromatic carbocycles. The Morgan fingerprint density at radius 3 is 2.90 bits per heavy atom. The minimum absolute atomic E-state index is 0.173. The third kappa shape index (κ3) is 2.70. The number of thiophene rings is 1. The Balaban J connectivity index is 1.82. The number of carbonyl (C=O) groups excluding carboxylic acids is 1. The molecule has 21 heavy (non-hydrogen) atoms. The number of nitrogens with one attached hydrogen (secondary N) is 2. The summed E-state index contributed by atoms with van der Waals surface area (Å²) >= 11 is 2.87. The van der Waals surface area contributed by atoms with Gasteiger partial charge in [-0.15, -0.1) is 11.3 Å². The molecule has 0 aliphatic rings. The second-order valence-electron chi connectivity index (χ2n) is 4.34. The summed E-state index contributed by atoms with van der Waals surface area (Å²) in [6, 6.07) is 7.50. The van der Waals surface area contributed by atoms with E-state index in [1.165, 1.54) is 22.7 Å². The number of aromatic nitrogens is 1. The van der Waals surface area contributed by atoms with Crippen LogP contribution in [0.15, 0.2) is 29.6 Å². The first-order valence-corrected chi connectivity index (χ1v) is 7.92. The van der Waals surface area contributed by atoms with Crippen molar-refractivity contribution in [3.05, 3.63) is 40.1 Å². The molecule has 3 rings (SSSR count). The second-order valence-corrected chi connectivity index (χ2v) is 6.28. The van der Waals surface area contributed by atoms with Crippen LogP contribution < -0.4 is 15.6 Å². The van der Waals surface area contributed by atoms with Crippen LogP contribution in [0.4, 0.5) is 5.13 Å². The van der Waals surface area contributed by atoms with Gasteiger partial charge in [-0.1, -0.05) is 23.5 Å². The highest BCUT2D eigenvalue weighted by Crippen LogP contribution is 2.34. The molecular weight excluding hydrogens is 306 g/mol. The third-order valence-corrected chi connectivity index (χ3v) is 4.93. The minimum Gasteiger partial charge on any atom is -0.494 e. The zero-order chi connectivity index (χ0) is 14.8. The van der Waals surface area contributed by atoms with Crippen LogP contribution in [-0.2, 0) is 0 Å². The fourth-order valence-corrected chi connectivity index (χ4v) is 3.43. The number of hydrazine groups is 1. The van der Waals surface area contributed by atoms with E-state index in [0.717, 1.165) is 21.5 Å². The zero-order valence-corrected chi connectivity index (χ0v) is 13.1. The Labute approximate surface area is 129 Å². The van der Waals surface area contributed by atoms with Gasteiger partial charge < -0.3 is 4.74 Å². The van der Waals surface area contributed by atoms with Crippen molar-refractivity contribution in [2.45, 2.75) is 6.92 Å². The first kappa shape index (κ1) is 13.8. The fraction of sp³-hybridized carbons (Fsp3) is 0.143. The average Bonchev–Trinajstić information content (AvgIpc) is 3.15. The molecule has 0 atom stereocenters. The standard InChI is InChI=1S/C14H13N3O2S2/c1-8-5-6-9(19-2)11-12(8)21-14(15-11)17-16-13(18)10-4-3-7-20-10/h3-7H,1-2H3,(H,15,17)(H,16,18). The van der Waals surface area contributed by atoms with Crippen molar-refractivity contribution in [1.82, 2.24) is 10.4 Å². The molecule has 0 saturated carbocycles. The number of amides is 1. The molecule has 0 spiro atoms. The first-order valence-electron chi connectivity index (χ1n) is 6.23. The van der Waals surface area contributed by atoms with E-state index in [1.807, 2.05) is 30.5 Å². The van der Waals surface area contributed by atoms with Crippen LogP contribution in [0.1, 0.15) is 15.2 Å². The molecule has 0 bridgehead atoms. The molecule has 7 heteroatoms. The molecule has 0 aliphatic carbocycles. The monoisotopic (exact) mass is 319 g/mol. The Morgan fingerprint density at radius 2 is 2.19 bits per heavy atom. The molecular formula is C14H13N3O2S2. The van der Waals surface area contributed by atoms with E-state index >= 15 is 0 Å². The maximum Gasteiger partial charge on any atom is 0.279 e. The molecule has 1 amide bonds. The summed E-state index contributed by atoms with van der Waals surface area (Å²) < 4.78 is 6.35. The summed E-state index contributed by atoms with van der Waals surface area (Å²) in [6.45, 7) is 2.02. The predicted molar refractivity (Wildman–Crippen MR) is 86.3 cm³/mol. The third-order valence-electron chi connectivity index (χ3n) is 2.95. The first-order chi connectivity index (χ1) is 10.2. The van der Waals surface area contributed by atoms with Gasteiger partial charge in [-0.25, -0.2) is 4.98 Å². The van der Waals surface area contributed by atoms with E-state index in [2.05, 4.69) is 15.8 Å². The van der Waals surface area contributed by atoms with Gasteiger partial charge in [-0.05, 0) is 30.0 Å². The van der Waals surface area contributed by atoms with Crippen LogP contribution in [0.2, 0.25) is 0 Å². The Bertz CT molecular complexity index is 781. The van der Waals surface area contributed by atoms with Gasteiger partial charge in [-0.3, -0.25) is 15.6 Å². The van der Waals surface area contributed by atoms with Gasteiger partial charge in [0.2, 0.25) is 5.13 Å². The number of rotatable bonds is 4. The number of hydrogen-bond donors (Lipinski definition) is 2. The zero-order valence-electron chi connectivity index (χ0n) is 11.5. The van der Waals surface area contributed by atoms with Crippen molar-refractivity contribution in [2.24, 2.45) is 0 Å². The van der Waals surface area contributed by atoms with Gasteiger partial charge in [0, 0.05) is 0 Å². The van der Waals surface area contributed by atoms with E-state index in [1.54, 1.807) is 13.2 Å². The number of nitrogens with zero attached hydrogens (tertiary/aromatic N) is 1. The van der Waals surface area contributed by atoms with Crippen LogP contribution in [0.25, 0.3) is 10.2 Å². The van der Waals surface area contributed by atoms with Crippen LogP contribution in [0.3, 0.4) is 0 Å². The van der Waals surface area contributed by atoms with Crippen molar-refractivity contribution in [2.75, 3.05) is 12.5 Å². The molecule has 0 aliphatic heterocycles. The average molecular weight is 319 g/mol. The van der Waals surface area contributed by atoms with Gasteiger partial charge in [0.05, 0.1) is 16.7 Å². The number of thiazole rings is 1. The summed E-state index contributed by atoms with van der Waals surface area (Å²) in [6.07, 6.45) is 0. The van der Waals surface area contributed by atoms with Crippen LogP contribution in [0, 0.1) is 6.92 Å². The summed E-state index contributed by atoms with van der Waals surface area (Å²) in [7, 11) is 1.62. The minimum atomic E-state index is -0.173. The number of fused-ring (bicyclic) bond motifs is 1. The molecule has 108 valence electrons. The Morgan fingerprint density at radius 1 is 1.33 bits per heavy atom. The largest absolute Gasteiger partial charge is 0.494 e. The lowest BCUT2D eigenvalue weighted by Gasteiger charge is -2.03. The lowest BCUT2D eigenvalue weighted by atomic mass is 10.2. The number of methoxy groups -OCH3 is 1. The van der Waals surface area contributed by atoms with Crippen LogP contribution >= 0.6 is 22.7 Å². The number of carbonyl (C=O) groups is 1. The SMILES string of the molecule is COc1ccc(C)c2sc(NNC(=O)c3cccs3)nc12. The van der Waals surface area contributed by atoms with Crippen molar-refractivity contribution >= 4 is 43.9 Å². The lowest BCUT2D eigenvalue weighted by Crippen LogP contribution is -2.28. The van der Waals surface area contributed by atoms with E-state index in [-0.39, 0.29) is 5.91 Å². The molecule has 0 fully saturated rings. The van der Waals surface area contributed by atoms with Crippen LogP contribution in [0.5, 0.6) is 5.75 Å². The molecule has 3 aromatic rings. The van der Waals surface area contributed by atoms with Gasteiger partial charge >= 0.3 is 0 Å². The Hall–Kier alpha value is -2.12. The Kier molecular flexibility index (Phi) is 3.76.